The average Bonchev–Trinajstić information content (AvgIpc) is 2.45. The molecule has 0 radical (unpaired) electrons. The maximum absolute atomic E-state index is 11.6. The first-order valence-electron chi connectivity index (χ1n) is 7.18. The van der Waals surface area contributed by atoms with Crippen LogP contribution in [0.5, 0.6) is 0 Å². The molecule has 2 aromatic carbocycles. The largest absolute Gasteiger partial charge is 0.381 e. The number of rotatable bonds is 5. The smallest absolute Gasteiger partial charge is 0.224 e. The molecule has 0 aromatic heterocycles. The van der Waals surface area contributed by atoms with Crippen LogP contribution in [0.3, 0.4) is 0 Å². The molecule has 1 amide bonds. The van der Waals surface area contributed by atoms with Crippen molar-refractivity contribution in [1.82, 2.24) is 5.32 Å². The zero-order valence-electron chi connectivity index (χ0n) is 12.9. The second-order valence-electron chi connectivity index (χ2n) is 5.36. The first kappa shape index (κ1) is 15.1. The maximum atomic E-state index is 11.6. The molecule has 0 spiro atoms. The Kier molecular flexibility index (Phi) is 4.99. The van der Waals surface area contributed by atoms with Gasteiger partial charge in [0.1, 0.15) is 0 Å². The Morgan fingerprint density at radius 3 is 2.38 bits per heavy atom. The highest BCUT2D eigenvalue weighted by Crippen LogP contribution is 2.17. The van der Waals surface area contributed by atoms with Crippen molar-refractivity contribution in [1.29, 1.82) is 0 Å². The Balaban J connectivity index is 2.10. The van der Waals surface area contributed by atoms with Crippen molar-refractivity contribution in [2.75, 3.05) is 12.4 Å². The van der Waals surface area contributed by atoms with Gasteiger partial charge in [0.05, 0.1) is 6.42 Å². The van der Waals surface area contributed by atoms with Crippen molar-refractivity contribution in [3.8, 4) is 0 Å². The predicted octanol–water partition coefficient (Wildman–Crippen LogP) is 3.20. The van der Waals surface area contributed by atoms with Gasteiger partial charge in [-0.05, 0) is 31.0 Å². The van der Waals surface area contributed by atoms with Crippen LogP contribution >= 0.6 is 0 Å². The van der Waals surface area contributed by atoms with E-state index in [2.05, 4.69) is 42.7 Å². The van der Waals surface area contributed by atoms with E-state index in [0.29, 0.717) is 6.42 Å². The van der Waals surface area contributed by atoms with E-state index in [1.807, 2.05) is 24.3 Å². The summed E-state index contributed by atoms with van der Waals surface area (Å²) in [5, 5.41) is 6.10. The van der Waals surface area contributed by atoms with Gasteiger partial charge in [0.2, 0.25) is 5.91 Å². The summed E-state index contributed by atoms with van der Waals surface area (Å²) in [5.41, 5.74) is 5.82. The summed E-state index contributed by atoms with van der Waals surface area (Å²) in [4.78, 5) is 11.6. The maximum Gasteiger partial charge on any atom is 0.224 e. The highest BCUT2D eigenvalue weighted by Gasteiger charge is 2.06. The molecule has 0 saturated heterocycles. The Morgan fingerprint density at radius 1 is 1.05 bits per heavy atom. The number of para-hydroxylation sites is 1. The number of nitrogens with one attached hydrogen (secondary N) is 2. The zero-order chi connectivity index (χ0) is 15.2. The van der Waals surface area contributed by atoms with Gasteiger partial charge < -0.3 is 10.6 Å². The van der Waals surface area contributed by atoms with Crippen LogP contribution in [0.15, 0.2) is 42.5 Å². The molecule has 110 valence electrons. The molecule has 0 heterocycles. The second kappa shape index (κ2) is 6.93. The molecule has 0 atom stereocenters. The Morgan fingerprint density at radius 2 is 1.71 bits per heavy atom. The van der Waals surface area contributed by atoms with Gasteiger partial charge in [-0.3, -0.25) is 4.79 Å². The third-order valence-electron chi connectivity index (χ3n) is 3.41. The lowest BCUT2D eigenvalue weighted by Gasteiger charge is -2.12. The number of hydrogen-bond acceptors (Lipinski definition) is 2. The Hall–Kier alpha value is -2.29. The highest BCUT2D eigenvalue weighted by molar-refractivity contribution is 5.80. The van der Waals surface area contributed by atoms with Crippen LogP contribution < -0.4 is 10.6 Å². The van der Waals surface area contributed by atoms with Gasteiger partial charge in [-0.15, -0.1) is 0 Å². The summed E-state index contributed by atoms with van der Waals surface area (Å²) in [6.07, 6.45) is 0.395. The first-order valence-corrected chi connectivity index (χ1v) is 7.18. The van der Waals surface area contributed by atoms with E-state index >= 15 is 0 Å². The van der Waals surface area contributed by atoms with Gasteiger partial charge in [-0.1, -0.05) is 47.5 Å². The minimum Gasteiger partial charge on any atom is -0.381 e. The van der Waals surface area contributed by atoms with E-state index in [9.17, 15) is 4.79 Å². The van der Waals surface area contributed by atoms with Crippen LogP contribution in [0.1, 0.15) is 22.3 Å². The van der Waals surface area contributed by atoms with E-state index in [1.54, 1.807) is 7.05 Å². The molecule has 3 heteroatoms. The summed E-state index contributed by atoms with van der Waals surface area (Å²) in [7, 11) is 1.66. The summed E-state index contributed by atoms with van der Waals surface area (Å²) in [6.45, 7) is 4.97. The normalized spacial score (nSPS) is 10.2. The standard InChI is InChI=1S/C18H22N2O/c1-13-8-14(2)10-15(9-13)12-20-17-7-5-4-6-16(17)11-18(21)19-3/h4-10,20H,11-12H2,1-3H3,(H,19,21). The fourth-order valence-corrected chi connectivity index (χ4v) is 2.48. The van der Waals surface area contributed by atoms with Crippen LogP contribution in [-0.2, 0) is 17.8 Å². The van der Waals surface area contributed by atoms with Gasteiger partial charge in [-0.2, -0.15) is 0 Å². The van der Waals surface area contributed by atoms with E-state index in [4.69, 9.17) is 0 Å². The number of carbonyl (C=O) groups excluding carboxylic acids is 1. The second-order valence-corrected chi connectivity index (χ2v) is 5.36. The lowest BCUT2D eigenvalue weighted by atomic mass is 10.1. The number of anilines is 1. The molecular weight excluding hydrogens is 260 g/mol. The van der Waals surface area contributed by atoms with Gasteiger partial charge in [-0.25, -0.2) is 0 Å². The van der Waals surface area contributed by atoms with Crippen molar-refractivity contribution in [2.45, 2.75) is 26.8 Å². The molecule has 0 unspecified atom stereocenters. The summed E-state index contributed by atoms with van der Waals surface area (Å²) in [5.74, 6) is 0.0237. The van der Waals surface area contributed by atoms with Crippen molar-refractivity contribution in [3.05, 3.63) is 64.7 Å². The fraction of sp³-hybridized carbons (Fsp3) is 0.278. The van der Waals surface area contributed by atoms with Gasteiger partial charge in [0.25, 0.3) is 0 Å². The summed E-state index contributed by atoms with van der Waals surface area (Å²) in [6, 6.07) is 14.5. The number of hydrogen-bond donors (Lipinski definition) is 2. The van der Waals surface area contributed by atoms with Crippen LogP contribution in [0.2, 0.25) is 0 Å². The van der Waals surface area contributed by atoms with Gasteiger partial charge >= 0.3 is 0 Å². The highest BCUT2D eigenvalue weighted by atomic mass is 16.1. The minimum absolute atomic E-state index is 0.0237. The quantitative estimate of drug-likeness (QED) is 0.884. The molecule has 2 aromatic rings. The molecule has 0 bridgehead atoms. The number of benzene rings is 2. The zero-order valence-corrected chi connectivity index (χ0v) is 12.9. The van der Waals surface area contributed by atoms with E-state index in [1.165, 1.54) is 16.7 Å². The average molecular weight is 282 g/mol. The van der Waals surface area contributed by atoms with Crippen molar-refractivity contribution >= 4 is 11.6 Å². The molecule has 21 heavy (non-hydrogen) atoms. The Bertz CT molecular complexity index is 615. The van der Waals surface area contributed by atoms with E-state index in [-0.39, 0.29) is 5.91 Å². The number of likely N-dealkylation sites (N-methyl/N-ethyl adjacent to an activating group) is 1. The monoisotopic (exact) mass is 282 g/mol. The SMILES string of the molecule is CNC(=O)Cc1ccccc1NCc1cc(C)cc(C)c1. The lowest BCUT2D eigenvalue weighted by molar-refractivity contribution is -0.119. The summed E-state index contributed by atoms with van der Waals surface area (Å²) >= 11 is 0. The molecule has 0 aliphatic rings. The third kappa shape index (κ3) is 4.35. The number of aryl methyl sites for hydroxylation is 2. The van der Waals surface area contributed by atoms with Gasteiger partial charge in [0, 0.05) is 19.3 Å². The molecule has 3 nitrogen and oxygen atoms in total. The molecule has 0 aliphatic heterocycles. The third-order valence-corrected chi connectivity index (χ3v) is 3.41. The number of carbonyl (C=O) groups is 1. The van der Waals surface area contributed by atoms with Crippen molar-refractivity contribution in [2.24, 2.45) is 0 Å². The minimum atomic E-state index is 0.0237. The first-order chi connectivity index (χ1) is 10.1. The molecular formula is C18H22N2O. The molecule has 2 N–H and O–H groups in total. The molecule has 0 fully saturated rings. The topological polar surface area (TPSA) is 41.1 Å². The number of amides is 1. The van der Waals surface area contributed by atoms with Gasteiger partial charge in [0.15, 0.2) is 0 Å². The van der Waals surface area contributed by atoms with Crippen LogP contribution in [0, 0.1) is 13.8 Å². The van der Waals surface area contributed by atoms with Crippen LogP contribution in [-0.4, -0.2) is 13.0 Å². The fourth-order valence-electron chi connectivity index (χ4n) is 2.48. The molecule has 0 saturated carbocycles. The molecule has 2 rings (SSSR count). The van der Waals surface area contributed by atoms with Crippen LogP contribution in [0.4, 0.5) is 5.69 Å². The summed E-state index contributed by atoms with van der Waals surface area (Å²) < 4.78 is 0. The van der Waals surface area contributed by atoms with Crippen LogP contribution in [0.25, 0.3) is 0 Å². The predicted molar refractivity (Wildman–Crippen MR) is 87.5 cm³/mol. The van der Waals surface area contributed by atoms with Crippen molar-refractivity contribution in [3.63, 3.8) is 0 Å². The Labute approximate surface area is 126 Å². The van der Waals surface area contributed by atoms with E-state index in [0.717, 1.165) is 17.8 Å². The van der Waals surface area contributed by atoms with E-state index < -0.39 is 0 Å². The van der Waals surface area contributed by atoms with Crippen molar-refractivity contribution < 1.29 is 4.79 Å². The molecule has 0 aliphatic carbocycles. The lowest BCUT2D eigenvalue weighted by Crippen LogP contribution is -2.20.